The molecule has 0 radical (unpaired) electrons. The molecular weight excluding hydrogens is 623 g/mol. The minimum absolute atomic E-state index is 0.0118. The number of ether oxygens (including phenoxy) is 2. The molecule has 2 unspecified atom stereocenters. The minimum Gasteiger partial charge on any atom is -0.485 e. The number of fused-ring (bicyclic) bond motifs is 6. The third-order valence-corrected chi connectivity index (χ3v) is 9.70. The van der Waals surface area contributed by atoms with E-state index in [-0.39, 0.29) is 12.0 Å². The Labute approximate surface area is 298 Å². The molecule has 9 rings (SSSR count). The van der Waals surface area contributed by atoms with Gasteiger partial charge < -0.3 is 14.8 Å². The first kappa shape index (κ1) is 30.5. The maximum absolute atomic E-state index is 7.12. The molecule has 1 heterocycles. The van der Waals surface area contributed by atoms with Crippen molar-refractivity contribution in [2.24, 2.45) is 0 Å². The van der Waals surface area contributed by atoms with Gasteiger partial charge in [0.25, 0.3) is 0 Å². The summed E-state index contributed by atoms with van der Waals surface area (Å²) in [6.07, 6.45) is 8.32. The van der Waals surface area contributed by atoms with Gasteiger partial charge in [-0.05, 0) is 82.4 Å². The summed E-state index contributed by atoms with van der Waals surface area (Å²) in [7, 11) is 0. The highest BCUT2D eigenvalue weighted by atomic mass is 16.5. The first-order chi connectivity index (χ1) is 25.3. The van der Waals surface area contributed by atoms with Gasteiger partial charge in [0.15, 0.2) is 0 Å². The normalized spacial score (nSPS) is 15.6. The number of hydrogen-bond donors (Lipinski definition) is 1. The summed E-state index contributed by atoms with van der Waals surface area (Å²) in [6, 6.07) is 59.3. The van der Waals surface area contributed by atoms with Crippen molar-refractivity contribution in [2.75, 3.05) is 5.32 Å². The number of anilines is 2. The molecule has 0 bridgehead atoms. The van der Waals surface area contributed by atoms with Gasteiger partial charge in [-0.1, -0.05) is 140 Å². The Morgan fingerprint density at radius 2 is 1.12 bits per heavy atom. The summed E-state index contributed by atoms with van der Waals surface area (Å²) < 4.78 is 14.1. The Morgan fingerprint density at radius 3 is 1.94 bits per heavy atom. The zero-order chi connectivity index (χ0) is 34.0. The van der Waals surface area contributed by atoms with Crippen LogP contribution in [0.1, 0.15) is 11.5 Å². The fraction of sp³-hybridized carbons (Fsp3) is 0.0417. The van der Waals surface area contributed by atoms with Crippen LogP contribution in [-0.4, -0.2) is 6.10 Å². The summed E-state index contributed by atoms with van der Waals surface area (Å²) in [5.74, 6) is 2.40. The molecule has 1 aliphatic heterocycles. The second kappa shape index (κ2) is 13.4. The number of allylic oxidation sites excluding steroid dienone is 2. The number of rotatable bonds is 5. The second-order valence-electron chi connectivity index (χ2n) is 12.9. The van der Waals surface area contributed by atoms with E-state index >= 15 is 0 Å². The topological polar surface area (TPSA) is 30.5 Å². The smallest absolute Gasteiger partial charge is 0.136 e. The van der Waals surface area contributed by atoms with Crippen molar-refractivity contribution in [3.63, 3.8) is 0 Å². The first-order valence-corrected chi connectivity index (χ1v) is 17.4. The molecule has 7 aromatic carbocycles. The number of benzene rings is 7. The van der Waals surface area contributed by atoms with Gasteiger partial charge in [-0.2, -0.15) is 0 Å². The average Bonchev–Trinajstić information content (AvgIpc) is 3.20. The summed E-state index contributed by atoms with van der Waals surface area (Å²) in [4.78, 5) is 0. The van der Waals surface area contributed by atoms with Crippen molar-refractivity contribution in [2.45, 2.75) is 12.0 Å². The first-order valence-electron chi connectivity index (χ1n) is 17.4. The molecule has 3 heteroatoms. The van der Waals surface area contributed by atoms with Crippen molar-refractivity contribution in [3.8, 4) is 61.8 Å². The van der Waals surface area contributed by atoms with Crippen LogP contribution in [0.4, 0.5) is 11.4 Å². The summed E-state index contributed by atoms with van der Waals surface area (Å²) in [5.41, 5.74) is 11.7. The Kier molecular flexibility index (Phi) is 7.99. The predicted molar refractivity (Wildman–Crippen MR) is 210 cm³/mol. The van der Waals surface area contributed by atoms with Crippen molar-refractivity contribution >= 4 is 11.4 Å². The monoisotopic (exact) mass is 657 g/mol. The van der Waals surface area contributed by atoms with Crippen LogP contribution >= 0.6 is 0 Å². The Hall–Kier alpha value is -6.58. The Morgan fingerprint density at radius 1 is 0.431 bits per heavy atom. The van der Waals surface area contributed by atoms with Gasteiger partial charge >= 0.3 is 0 Å². The van der Waals surface area contributed by atoms with Crippen LogP contribution in [-0.2, 0) is 0 Å². The number of hydrogen-bond acceptors (Lipinski definition) is 3. The molecule has 0 saturated heterocycles. The van der Waals surface area contributed by atoms with Crippen molar-refractivity contribution in [1.82, 2.24) is 0 Å². The van der Waals surface area contributed by atoms with E-state index in [1.807, 2.05) is 30.3 Å². The molecule has 2 aliphatic rings. The van der Waals surface area contributed by atoms with Crippen LogP contribution in [0.2, 0.25) is 0 Å². The summed E-state index contributed by atoms with van der Waals surface area (Å²) in [6.45, 7) is 0. The fourth-order valence-corrected chi connectivity index (χ4v) is 7.22. The van der Waals surface area contributed by atoms with Crippen molar-refractivity contribution < 1.29 is 9.47 Å². The molecule has 0 saturated carbocycles. The molecule has 0 amide bonds. The van der Waals surface area contributed by atoms with E-state index in [0.717, 1.165) is 78.7 Å². The van der Waals surface area contributed by atoms with Crippen LogP contribution in [0, 0.1) is 0 Å². The molecule has 3 nitrogen and oxygen atoms in total. The van der Waals surface area contributed by atoms with Crippen molar-refractivity contribution in [3.05, 3.63) is 200 Å². The van der Waals surface area contributed by atoms with E-state index in [0.29, 0.717) is 0 Å². The average molecular weight is 658 g/mol. The molecule has 0 spiro atoms. The van der Waals surface area contributed by atoms with Gasteiger partial charge in [0.1, 0.15) is 23.4 Å². The maximum atomic E-state index is 7.12. The van der Waals surface area contributed by atoms with E-state index in [4.69, 9.17) is 9.47 Å². The number of nitrogens with one attached hydrogen (secondary N) is 1. The van der Waals surface area contributed by atoms with Gasteiger partial charge in [0.2, 0.25) is 0 Å². The molecule has 0 aromatic heterocycles. The highest BCUT2D eigenvalue weighted by molar-refractivity contribution is 5.94. The second-order valence-corrected chi connectivity index (χ2v) is 12.9. The molecule has 1 N–H and O–H groups in total. The maximum Gasteiger partial charge on any atom is 0.136 e. The SMILES string of the molecule is C1=CC2Oc3cc(-c4ccccc4)ccc3-c3c(cccc3-c3ccc(Nc4ccccc4)c(-c4ccccc4)c3)Oc3ccccc3C2C=C1. The number of para-hydroxylation sites is 2. The molecule has 51 heavy (non-hydrogen) atoms. The third kappa shape index (κ3) is 6.00. The van der Waals surface area contributed by atoms with E-state index in [1.54, 1.807) is 0 Å². The van der Waals surface area contributed by atoms with Crippen LogP contribution in [0.5, 0.6) is 17.2 Å². The highest BCUT2D eigenvalue weighted by Gasteiger charge is 2.29. The zero-order valence-electron chi connectivity index (χ0n) is 27.9. The third-order valence-electron chi connectivity index (χ3n) is 9.70. The lowest BCUT2D eigenvalue weighted by molar-refractivity contribution is 0.230. The van der Waals surface area contributed by atoms with Crippen LogP contribution in [0.15, 0.2) is 194 Å². The molecule has 7 aromatic rings. The molecule has 1 aliphatic carbocycles. The van der Waals surface area contributed by atoms with Gasteiger partial charge in [-0.15, -0.1) is 0 Å². The van der Waals surface area contributed by atoms with Crippen molar-refractivity contribution in [1.29, 1.82) is 0 Å². The molecule has 0 fully saturated rings. The molecular formula is C48H35NO2. The van der Waals surface area contributed by atoms with E-state index in [2.05, 4.69) is 169 Å². The standard InChI is InChI=1S/C48H35NO2/c1-4-15-33(16-5-1)35-27-29-41-47(32-35)51-45-25-13-11-22-40(45)39-21-10-12-24-44(39)50-46-26-14-23-38(48(41)46)36-28-30-43(49-37-19-8-3-9-20-37)42(31-36)34-17-6-2-7-18-34/h1-32,40,45,49H. The Balaban J connectivity index is 1.27. The lowest BCUT2D eigenvalue weighted by Gasteiger charge is -2.30. The van der Waals surface area contributed by atoms with Gasteiger partial charge in [0.05, 0.1) is 0 Å². The van der Waals surface area contributed by atoms with Crippen LogP contribution in [0.3, 0.4) is 0 Å². The highest BCUT2D eigenvalue weighted by Crippen LogP contribution is 2.49. The zero-order valence-corrected chi connectivity index (χ0v) is 27.9. The van der Waals surface area contributed by atoms with Gasteiger partial charge in [-0.25, -0.2) is 0 Å². The van der Waals surface area contributed by atoms with E-state index in [1.165, 1.54) is 0 Å². The molecule has 244 valence electrons. The lowest BCUT2D eigenvalue weighted by Crippen LogP contribution is -2.24. The predicted octanol–water partition coefficient (Wildman–Crippen LogP) is 12.9. The summed E-state index contributed by atoms with van der Waals surface area (Å²) in [5, 5.41) is 3.66. The lowest BCUT2D eigenvalue weighted by atomic mass is 9.87. The fourth-order valence-electron chi connectivity index (χ4n) is 7.22. The van der Waals surface area contributed by atoms with Crippen LogP contribution < -0.4 is 14.8 Å². The van der Waals surface area contributed by atoms with Crippen LogP contribution in [0.25, 0.3) is 44.5 Å². The van der Waals surface area contributed by atoms with E-state index < -0.39 is 0 Å². The summed E-state index contributed by atoms with van der Waals surface area (Å²) >= 11 is 0. The van der Waals surface area contributed by atoms with E-state index in [9.17, 15) is 0 Å². The minimum atomic E-state index is -0.216. The van der Waals surface area contributed by atoms with Gasteiger partial charge in [0, 0.05) is 39.5 Å². The Bertz CT molecular complexity index is 2400. The largest absolute Gasteiger partial charge is 0.485 e. The quantitative estimate of drug-likeness (QED) is 0.200. The molecule has 2 atom stereocenters. The van der Waals surface area contributed by atoms with Gasteiger partial charge in [-0.3, -0.25) is 0 Å².